The molecule has 1 rings (SSSR count). The van der Waals surface area contributed by atoms with Crippen LogP contribution >= 0.6 is 0 Å². The zero-order chi connectivity index (χ0) is 9.68. The van der Waals surface area contributed by atoms with Gasteiger partial charge in [0.1, 0.15) is 0 Å². The molecule has 0 radical (unpaired) electrons. The summed E-state index contributed by atoms with van der Waals surface area (Å²) in [5, 5.41) is 2.97. The number of carbonyl (C=O) groups is 1. The number of hydrogen-bond donors (Lipinski definition) is 1. The van der Waals surface area contributed by atoms with Gasteiger partial charge in [-0.1, -0.05) is 25.2 Å². The molecule has 0 saturated heterocycles. The van der Waals surface area contributed by atoms with Crippen LogP contribution in [-0.2, 0) is 4.79 Å². The standard InChI is InChI=1S/C11H17NO/c1-3-5-6-9(4-2)11(13)12-10-7-8-10/h3,5-6,10H,4,7-8H2,1-2H3,(H,12,13)/b5-3-,9-6+. The second-order valence-electron chi connectivity index (χ2n) is 3.32. The second kappa shape index (κ2) is 4.85. The van der Waals surface area contributed by atoms with Crippen molar-refractivity contribution < 1.29 is 4.79 Å². The molecule has 1 N–H and O–H groups in total. The topological polar surface area (TPSA) is 29.1 Å². The third-order valence-electron chi connectivity index (χ3n) is 2.07. The Kier molecular flexibility index (Phi) is 3.74. The monoisotopic (exact) mass is 179 g/mol. The van der Waals surface area contributed by atoms with E-state index in [4.69, 9.17) is 0 Å². The van der Waals surface area contributed by atoms with Crippen molar-refractivity contribution in [2.45, 2.75) is 39.2 Å². The Balaban J connectivity index is 2.47. The van der Waals surface area contributed by atoms with Crippen molar-refractivity contribution >= 4 is 5.91 Å². The van der Waals surface area contributed by atoms with Crippen LogP contribution in [-0.4, -0.2) is 11.9 Å². The molecule has 72 valence electrons. The summed E-state index contributed by atoms with van der Waals surface area (Å²) in [6.45, 7) is 3.95. The molecule has 1 amide bonds. The Morgan fingerprint density at radius 3 is 2.69 bits per heavy atom. The molecule has 0 spiro atoms. The van der Waals surface area contributed by atoms with Gasteiger partial charge in [-0.3, -0.25) is 4.79 Å². The fourth-order valence-electron chi connectivity index (χ4n) is 1.07. The normalized spacial score (nSPS) is 17.8. The Morgan fingerprint density at radius 2 is 2.23 bits per heavy atom. The molecule has 1 aliphatic rings. The molecule has 0 aliphatic heterocycles. The van der Waals surface area contributed by atoms with E-state index in [-0.39, 0.29) is 5.91 Å². The minimum atomic E-state index is 0.100. The summed E-state index contributed by atoms with van der Waals surface area (Å²) in [6, 6.07) is 0.452. The molecule has 0 bridgehead atoms. The largest absolute Gasteiger partial charge is 0.350 e. The summed E-state index contributed by atoms with van der Waals surface area (Å²) in [4.78, 5) is 11.5. The summed E-state index contributed by atoms with van der Waals surface area (Å²) in [5.41, 5.74) is 0.866. The molecule has 0 unspecified atom stereocenters. The van der Waals surface area contributed by atoms with E-state index >= 15 is 0 Å². The third kappa shape index (κ3) is 3.45. The van der Waals surface area contributed by atoms with E-state index in [0.717, 1.165) is 24.8 Å². The van der Waals surface area contributed by atoms with Crippen molar-refractivity contribution in [1.29, 1.82) is 0 Å². The molecule has 0 heterocycles. The van der Waals surface area contributed by atoms with E-state index in [1.807, 2.05) is 32.1 Å². The van der Waals surface area contributed by atoms with Gasteiger partial charge >= 0.3 is 0 Å². The van der Waals surface area contributed by atoms with Crippen LogP contribution in [0.25, 0.3) is 0 Å². The maximum absolute atomic E-state index is 11.5. The van der Waals surface area contributed by atoms with Gasteiger partial charge in [0.2, 0.25) is 5.91 Å². The van der Waals surface area contributed by atoms with Gasteiger partial charge in [0.25, 0.3) is 0 Å². The lowest BCUT2D eigenvalue weighted by molar-refractivity contribution is -0.117. The summed E-state index contributed by atoms with van der Waals surface area (Å²) < 4.78 is 0. The van der Waals surface area contributed by atoms with Gasteiger partial charge in [0, 0.05) is 11.6 Å². The zero-order valence-electron chi connectivity index (χ0n) is 8.34. The van der Waals surface area contributed by atoms with Gasteiger partial charge in [-0.05, 0) is 26.2 Å². The Labute approximate surface area is 79.7 Å². The molecule has 0 aromatic rings. The van der Waals surface area contributed by atoms with Crippen molar-refractivity contribution in [3.63, 3.8) is 0 Å². The lowest BCUT2D eigenvalue weighted by atomic mass is 10.1. The highest BCUT2D eigenvalue weighted by Crippen LogP contribution is 2.19. The predicted molar refractivity (Wildman–Crippen MR) is 54.4 cm³/mol. The van der Waals surface area contributed by atoms with Crippen molar-refractivity contribution in [1.82, 2.24) is 5.32 Å². The average Bonchev–Trinajstić information content (AvgIpc) is 2.90. The molecule has 2 heteroatoms. The van der Waals surface area contributed by atoms with Crippen molar-refractivity contribution in [3.8, 4) is 0 Å². The molecule has 0 aromatic heterocycles. The van der Waals surface area contributed by atoms with E-state index in [1.165, 1.54) is 0 Å². The molecular weight excluding hydrogens is 162 g/mol. The van der Waals surface area contributed by atoms with E-state index in [0.29, 0.717) is 6.04 Å². The van der Waals surface area contributed by atoms with Gasteiger partial charge in [0.15, 0.2) is 0 Å². The van der Waals surface area contributed by atoms with Crippen molar-refractivity contribution in [2.75, 3.05) is 0 Å². The van der Waals surface area contributed by atoms with Crippen molar-refractivity contribution in [3.05, 3.63) is 23.8 Å². The van der Waals surface area contributed by atoms with E-state index in [9.17, 15) is 4.79 Å². The number of amides is 1. The minimum Gasteiger partial charge on any atom is -0.350 e. The highest BCUT2D eigenvalue weighted by atomic mass is 16.1. The van der Waals surface area contributed by atoms with Gasteiger partial charge in [-0.25, -0.2) is 0 Å². The summed E-state index contributed by atoms with van der Waals surface area (Å²) in [7, 11) is 0. The van der Waals surface area contributed by atoms with Crippen LogP contribution in [0.15, 0.2) is 23.8 Å². The number of allylic oxidation sites excluding steroid dienone is 3. The summed E-state index contributed by atoms with van der Waals surface area (Å²) in [5.74, 6) is 0.100. The van der Waals surface area contributed by atoms with Gasteiger partial charge in [-0.2, -0.15) is 0 Å². The number of hydrogen-bond acceptors (Lipinski definition) is 1. The lowest BCUT2D eigenvalue weighted by Gasteiger charge is -2.04. The van der Waals surface area contributed by atoms with Crippen LogP contribution in [0.3, 0.4) is 0 Å². The quantitative estimate of drug-likeness (QED) is 0.520. The van der Waals surface area contributed by atoms with E-state index < -0.39 is 0 Å². The molecule has 1 fully saturated rings. The summed E-state index contributed by atoms with van der Waals surface area (Å²) >= 11 is 0. The van der Waals surface area contributed by atoms with Crippen LogP contribution in [0.2, 0.25) is 0 Å². The number of nitrogens with one attached hydrogen (secondary N) is 1. The van der Waals surface area contributed by atoms with Crippen LogP contribution in [0.1, 0.15) is 33.1 Å². The zero-order valence-corrected chi connectivity index (χ0v) is 8.34. The SMILES string of the molecule is C/C=C\C=C(/CC)C(=O)NC1CC1. The fraction of sp³-hybridized carbons (Fsp3) is 0.545. The van der Waals surface area contributed by atoms with Gasteiger partial charge in [-0.15, -0.1) is 0 Å². The molecule has 1 saturated carbocycles. The van der Waals surface area contributed by atoms with Crippen molar-refractivity contribution in [2.24, 2.45) is 0 Å². The highest BCUT2D eigenvalue weighted by molar-refractivity contribution is 5.93. The maximum atomic E-state index is 11.5. The fourth-order valence-corrected chi connectivity index (χ4v) is 1.07. The Bertz CT molecular complexity index is 236. The lowest BCUT2D eigenvalue weighted by Crippen LogP contribution is -2.26. The predicted octanol–water partition coefficient (Wildman–Crippen LogP) is 2.18. The third-order valence-corrected chi connectivity index (χ3v) is 2.07. The van der Waals surface area contributed by atoms with Crippen LogP contribution in [0.5, 0.6) is 0 Å². The number of rotatable bonds is 4. The van der Waals surface area contributed by atoms with Crippen LogP contribution < -0.4 is 5.32 Å². The van der Waals surface area contributed by atoms with Crippen LogP contribution in [0.4, 0.5) is 0 Å². The highest BCUT2D eigenvalue weighted by Gasteiger charge is 2.23. The second-order valence-corrected chi connectivity index (χ2v) is 3.32. The van der Waals surface area contributed by atoms with E-state index in [2.05, 4.69) is 5.32 Å². The molecule has 1 aliphatic carbocycles. The van der Waals surface area contributed by atoms with Gasteiger partial charge < -0.3 is 5.32 Å². The molecule has 13 heavy (non-hydrogen) atoms. The minimum absolute atomic E-state index is 0.100. The first kappa shape index (κ1) is 10.0. The van der Waals surface area contributed by atoms with Gasteiger partial charge in [0.05, 0.1) is 0 Å². The maximum Gasteiger partial charge on any atom is 0.247 e. The molecule has 0 aromatic carbocycles. The molecular formula is C11H17NO. The van der Waals surface area contributed by atoms with Crippen LogP contribution in [0, 0.1) is 0 Å². The summed E-state index contributed by atoms with van der Waals surface area (Å²) in [6.07, 6.45) is 8.81. The first-order valence-corrected chi connectivity index (χ1v) is 4.90. The van der Waals surface area contributed by atoms with E-state index in [1.54, 1.807) is 0 Å². The molecule has 2 nitrogen and oxygen atoms in total. The Hall–Kier alpha value is -1.05. The molecule has 0 atom stereocenters. The first-order valence-electron chi connectivity index (χ1n) is 4.90. The first-order chi connectivity index (χ1) is 6.27. The Morgan fingerprint density at radius 1 is 1.54 bits per heavy atom. The average molecular weight is 179 g/mol. The smallest absolute Gasteiger partial charge is 0.247 e. The number of carbonyl (C=O) groups excluding carboxylic acids is 1.